The fraction of sp³-hybridized carbons (Fsp3) is 0.316. The van der Waals surface area contributed by atoms with E-state index in [0.717, 1.165) is 23.3 Å². The molecule has 9 heteroatoms. The monoisotopic (exact) mass is 395 g/mol. The molecule has 1 amide bonds. The second kappa shape index (κ2) is 8.28. The standard InChI is InChI=1S/C19H20F3N3O3/c1-4-13-7-5-6-11(2)17(13)24-18(26)12(3)23-15-9-8-14(19(20,21)22)10-16(15)25(27)28/h5-10,12,23H,4H2,1-3H3,(H,24,26)/t12-/m0/s1. The lowest BCUT2D eigenvalue weighted by Gasteiger charge is -2.18. The summed E-state index contributed by atoms with van der Waals surface area (Å²) < 4.78 is 38.4. The van der Waals surface area contributed by atoms with Crippen LogP contribution in [0.3, 0.4) is 0 Å². The lowest BCUT2D eigenvalue weighted by Crippen LogP contribution is -2.32. The summed E-state index contributed by atoms with van der Waals surface area (Å²) in [6.07, 6.45) is -4.00. The highest BCUT2D eigenvalue weighted by Gasteiger charge is 2.33. The quantitative estimate of drug-likeness (QED) is 0.537. The van der Waals surface area contributed by atoms with Gasteiger partial charge in [0.1, 0.15) is 11.7 Å². The molecule has 150 valence electrons. The zero-order chi connectivity index (χ0) is 21.1. The Labute approximate surface area is 159 Å². The third-order valence-electron chi connectivity index (χ3n) is 4.28. The highest BCUT2D eigenvalue weighted by molar-refractivity contribution is 5.97. The van der Waals surface area contributed by atoms with E-state index in [4.69, 9.17) is 0 Å². The number of nitrogens with one attached hydrogen (secondary N) is 2. The van der Waals surface area contributed by atoms with Gasteiger partial charge in [-0.3, -0.25) is 14.9 Å². The van der Waals surface area contributed by atoms with Crippen LogP contribution in [0.4, 0.5) is 30.2 Å². The first kappa shape index (κ1) is 21.2. The number of benzene rings is 2. The third kappa shape index (κ3) is 4.79. The number of carbonyl (C=O) groups excluding carboxylic acids is 1. The van der Waals surface area contributed by atoms with Crippen molar-refractivity contribution in [1.82, 2.24) is 0 Å². The molecule has 0 unspecified atom stereocenters. The second-order valence-corrected chi connectivity index (χ2v) is 6.30. The number of nitro groups is 1. The number of para-hydroxylation sites is 1. The Balaban J connectivity index is 2.24. The SMILES string of the molecule is CCc1cccc(C)c1NC(=O)[C@H](C)Nc1ccc(C(F)(F)F)cc1[N+](=O)[O-]. The number of amides is 1. The first-order chi connectivity index (χ1) is 13.0. The minimum atomic E-state index is -4.70. The summed E-state index contributed by atoms with van der Waals surface area (Å²) in [5, 5.41) is 16.6. The van der Waals surface area contributed by atoms with Gasteiger partial charge in [0.15, 0.2) is 0 Å². The van der Waals surface area contributed by atoms with Crippen LogP contribution in [0.25, 0.3) is 0 Å². The van der Waals surface area contributed by atoms with E-state index in [0.29, 0.717) is 18.2 Å². The van der Waals surface area contributed by atoms with Crippen molar-refractivity contribution in [3.05, 3.63) is 63.2 Å². The molecular weight excluding hydrogens is 375 g/mol. The number of rotatable bonds is 6. The molecule has 28 heavy (non-hydrogen) atoms. The summed E-state index contributed by atoms with van der Waals surface area (Å²) in [5.41, 5.74) is 0.405. The average Bonchev–Trinajstić information content (AvgIpc) is 2.62. The van der Waals surface area contributed by atoms with Gasteiger partial charge in [-0.05, 0) is 43.5 Å². The molecule has 0 saturated heterocycles. The largest absolute Gasteiger partial charge is 0.416 e. The first-order valence-electron chi connectivity index (χ1n) is 8.56. The van der Waals surface area contributed by atoms with Gasteiger partial charge in [-0.2, -0.15) is 13.2 Å². The predicted octanol–water partition coefficient (Wildman–Crippen LogP) is 4.92. The van der Waals surface area contributed by atoms with Crippen LogP contribution in [-0.2, 0) is 17.4 Å². The van der Waals surface area contributed by atoms with Crippen LogP contribution >= 0.6 is 0 Å². The van der Waals surface area contributed by atoms with Gasteiger partial charge in [-0.15, -0.1) is 0 Å². The number of nitro benzene ring substituents is 1. The summed E-state index contributed by atoms with van der Waals surface area (Å²) in [4.78, 5) is 22.8. The van der Waals surface area contributed by atoms with E-state index in [1.54, 1.807) is 0 Å². The molecule has 2 aromatic rings. The Kier molecular flexibility index (Phi) is 6.27. The molecule has 0 aromatic heterocycles. The lowest BCUT2D eigenvalue weighted by molar-refractivity contribution is -0.384. The number of anilines is 2. The van der Waals surface area contributed by atoms with E-state index in [1.165, 1.54) is 6.92 Å². The Morgan fingerprint density at radius 2 is 1.93 bits per heavy atom. The Morgan fingerprint density at radius 3 is 2.50 bits per heavy atom. The normalized spacial score (nSPS) is 12.4. The average molecular weight is 395 g/mol. The van der Waals surface area contributed by atoms with E-state index in [9.17, 15) is 28.1 Å². The summed E-state index contributed by atoms with van der Waals surface area (Å²) in [6, 6.07) is 6.81. The molecule has 1 atom stereocenters. The Morgan fingerprint density at radius 1 is 1.25 bits per heavy atom. The van der Waals surface area contributed by atoms with Crippen LogP contribution in [0.15, 0.2) is 36.4 Å². The van der Waals surface area contributed by atoms with Gasteiger partial charge in [-0.1, -0.05) is 25.1 Å². The van der Waals surface area contributed by atoms with Crippen molar-refractivity contribution in [2.45, 2.75) is 39.4 Å². The molecule has 0 radical (unpaired) electrons. The van der Waals surface area contributed by atoms with Gasteiger partial charge in [0, 0.05) is 11.8 Å². The first-order valence-corrected chi connectivity index (χ1v) is 8.56. The van der Waals surface area contributed by atoms with E-state index >= 15 is 0 Å². The predicted molar refractivity (Wildman–Crippen MR) is 100 cm³/mol. The number of nitrogens with zero attached hydrogens (tertiary/aromatic N) is 1. The number of halogens is 3. The number of carbonyl (C=O) groups is 1. The molecule has 0 aliphatic rings. The van der Waals surface area contributed by atoms with Gasteiger partial charge < -0.3 is 10.6 Å². The maximum Gasteiger partial charge on any atom is 0.416 e. The van der Waals surface area contributed by atoms with Crippen molar-refractivity contribution in [3.63, 3.8) is 0 Å². The maximum atomic E-state index is 12.8. The zero-order valence-electron chi connectivity index (χ0n) is 15.6. The topological polar surface area (TPSA) is 84.3 Å². The minimum Gasteiger partial charge on any atom is -0.368 e. The van der Waals surface area contributed by atoms with Crippen molar-refractivity contribution < 1.29 is 22.9 Å². The Bertz CT molecular complexity index is 898. The maximum absolute atomic E-state index is 12.8. The van der Waals surface area contributed by atoms with E-state index in [2.05, 4.69) is 10.6 Å². The third-order valence-corrected chi connectivity index (χ3v) is 4.28. The number of alkyl halides is 3. The molecule has 0 aliphatic heterocycles. The van der Waals surface area contributed by atoms with Crippen LogP contribution in [0.5, 0.6) is 0 Å². The summed E-state index contributed by atoms with van der Waals surface area (Å²) >= 11 is 0. The van der Waals surface area contributed by atoms with Crippen LogP contribution in [0.2, 0.25) is 0 Å². The molecule has 0 saturated carbocycles. The molecule has 0 aliphatic carbocycles. The molecule has 2 aromatic carbocycles. The molecule has 0 fully saturated rings. The summed E-state index contributed by atoms with van der Waals surface area (Å²) in [6.45, 7) is 5.26. The van der Waals surface area contributed by atoms with E-state index in [-0.39, 0.29) is 5.69 Å². The fourth-order valence-corrected chi connectivity index (χ4v) is 2.71. The van der Waals surface area contributed by atoms with Crippen molar-refractivity contribution in [3.8, 4) is 0 Å². The lowest BCUT2D eigenvalue weighted by atomic mass is 10.1. The fourth-order valence-electron chi connectivity index (χ4n) is 2.71. The van der Waals surface area contributed by atoms with Crippen LogP contribution in [0.1, 0.15) is 30.5 Å². The van der Waals surface area contributed by atoms with Crippen molar-refractivity contribution >= 4 is 23.0 Å². The van der Waals surface area contributed by atoms with E-state index < -0.39 is 34.3 Å². The van der Waals surface area contributed by atoms with Gasteiger partial charge in [0.05, 0.1) is 10.5 Å². The molecule has 6 nitrogen and oxygen atoms in total. The van der Waals surface area contributed by atoms with Crippen LogP contribution in [0, 0.1) is 17.0 Å². The number of aryl methyl sites for hydroxylation is 2. The van der Waals surface area contributed by atoms with E-state index in [1.807, 2.05) is 32.0 Å². The molecule has 2 N–H and O–H groups in total. The Hall–Kier alpha value is -3.10. The molecule has 0 spiro atoms. The minimum absolute atomic E-state index is 0.166. The highest BCUT2D eigenvalue weighted by atomic mass is 19.4. The zero-order valence-corrected chi connectivity index (χ0v) is 15.6. The summed E-state index contributed by atoms with van der Waals surface area (Å²) in [5.74, 6) is -0.460. The van der Waals surface area contributed by atoms with Gasteiger partial charge in [-0.25, -0.2) is 0 Å². The second-order valence-electron chi connectivity index (χ2n) is 6.30. The smallest absolute Gasteiger partial charge is 0.368 e. The van der Waals surface area contributed by atoms with Crippen molar-refractivity contribution in [2.24, 2.45) is 0 Å². The summed E-state index contributed by atoms with van der Waals surface area (Å²) in [7, 11) is 0. The molecular formula is C19H20F3N3O3. The molecule has 2 rings (SSSR count). The van der Waals surface area contributed by atoms with Crippen molar-refractivity contribution in [2.75, 3.05) is 10.6 Å². The van der Waals surface area contributed by atoms with Crippen molar-refractivity contribution in [1.29, 1.82) is 0 Å². The molecule has 0 bridgehead atoms. The van der Waals surface area contributed by atoms with Gasteiger partial charge in [0.25, 0.3) is 5.69 Å². The van der Waals surface area contributed by atoms with Gasteiger partial charge in [0.2, 0.25) is 5.91 Å². The number of hydrogen-bond donors (Lipinski definition) is 2. The van der Waals surface area contributed by atoms with Gasteiger partial charge >= 0.3 is 6.18 Å². The highest BCUT2D eigenvalue weighted by Crippen LogP contribution is 2.35. The van der Waals surface area contributed by atoms with Crippen LogP contribution in [-0.4, -0.2) is 16.9 Å². The molecule has 0 heterocycles. The number of hydrogen-bond acceptors (Lipinski definition) is 4. The van der Waals surface area contributed by atoms with Crippen LogP contribution < -0.4 is 10.6 Å².